The van der Waals surface area contributed by atoms with E-state index < -0.39 is 0 Å². The summed E-state index contributed by atoms with van der Waals surface area (Å²) >= 11 is 0. The largest absolute Gasteiger partial charge is 0.299 e. The van der Waals surface area contributed by atoms with E-state index in [4.69, 9.17) is 0 Å². The van der Waals surface area contributed by atoms with Gasteiger partial charge in [-0.1, -0.05) is 13.3 Å². The molecule has 0 saturated heterocycles. The number of fused-ring (bicyclic) bond motifs is 1. The first-order valence-corrected chi connectivity index (χ1v) is 4.32. The first kappa shape index (κ1) is 6.38. The molecule has 1 nitrogen and oxygen atoms in total. The molecule has 0 heterocycles. The Morgan fingerprint density at radius 1 is 1.40 bits per heavy atom. The van der Waals surface area contributed by atoms with E-state index in [-0.39, 0.29) is 0 Å². The predicted molar refractivity (Wildman–Crippen MR) is 39.6 cm³/mol. The highest BCUT2D eigenvalue weighted by molar-refractivity contribution is 5.84. The molecule has 0 aromatic rings. The summed E-state index contributed by atoms with van der Waals surface area (Å²) in [6, 6.07) is 0. The van der Waals surface area contributed by atoms with Crippen LogP contribution in [0.1, 0.15) is 32.6 Å². The molecule has 3 atom stereocenters. The van der Waals surface area contributed by atoms with E-state index >= 15 is 0 Å². The molecule has 2 saturated carbocycles. The minimum absolute atomic E-state index is 0.481. The topological polar surface area (TPSA) is 17.1 Å². The molecule has 10 heavy (non-hydrogen) atoms. The van der Waals surface area contributed by atoms with Crippen LogP contribution in [-0.2, 0) is 4.79 Å². The van der Waals surface area contributed by atoms with Gasteiger partial charge in [-0.3, -0.25) is 4.79 Å². The van der Waals surface area contributed by atoms with Crippen molar-refractivity contribution in [3.8, 4) is 0 Å². The molecular formula is C9H14O. The molecular weight excluding hydrogens is 124 g/mol. The van der Waals surface area contributed by atoms with Gasteiger partial charge in [-0.05, 0) is 24.7 Å². The molecule has 0 aromatic carbocycles. The van der Waals surface area contributed by atoms with Crippen molar-refractivity contribution in [2.45, 2.75) is 32.6 Å². The minimum Gasteiger partial charge on any atom is -0.299 e. The molecule has 2 rings (SSSR count). The van der Waals surface area contributed by atoms with Crippen molar-refractivity contribution in [3.05, 3.63) is 0 Å². The van der Waals surface area contributed by atoms with Crippen LogP contribution in [0.4, 0.5) is 0 Å². The van der Waals surface area contributed by atoms with Crippen molar-refractivity contribution in [3.63, 3.8) is 0 Å². The Balaban J connectivity index is 2.19. The Morgan fingerprint density at radius 2 is 2.20 bits per heavy atom. The Labute approximate surface area is 61.8 Å². The SMILES string of the molecule is CC1CC(=O)C2CCCC12. The molecule has 0 radical (unpaired) electrons. The molecule has 2 aliphatic carbocycles. The lowest BCUT2D eigenvalue weighted by Gasteiger charge is -2.10. The number of rotatable bonds is 0. The summed E-state index contributed by atoms with van der Waals surface area (Å²) in [7, 11) is 0. The fourth-order valence-corrected chi connectivity index (χ4v) is 2.69. The van der Waals surface area contributed by atoms with E-state index in [0.29, 0.717) is 17.6 Å². The van der Waals surface area contributed by atoms with E-state index in [9.17, 15) is 4.79 Å². The van der Waals surface area contributed by atoms with E-state index in [1.165, 1.54) is 19.3 Å². The van der Waals surface area contributed by atoms with Gasteiger partial charge < -0.3 is 0 Å². The van der Waals surface area contributed by atoms with Gasteiger partial charge in [-0.2, -0.15) is 0 Å². The predicted octanol–water partition coefficient (Wildman–Crippen LogP) is 2.01. The third kappa shape index (κ3) is 0.727. The molecule has 2 aliphatic rings. The summed E-state index contributed by atoms with van der Waals surface area (Å²) in [5.74, 6) is 2.50. The second-order valence-corrected chi connectivity index (χ2v) is 3.85. The lowest BCUT2D eigenvalue weighted by Crippen LogP contribution is -2.08. The van der Waals surface area contributed by atoms with Crippen LogP contribution >= 0.6 is 0 Å². The number of carbonyl (C=O) groups excluding carboxylic acids is 1. The van der Waals surface area contributed by atoms with E-state index in [0.717, 1.165) is 12.3 Å². The van der Waals surface area contributed by atoms with Gasteiger partial charge in [0.15, 0.2) is 0 Å². The highest BCUT2D eigenvalue weighted by Crippen LogP contribution is 2.44. The number of carbonyl (C=O) groups is 1. The van der Waals surface area contributed by atoms with Crippen LogP contribution in [0, 0.1) is 17.8 Å². The second kappa shape index (κ2) is 2.08. The van der Waals surface area contributed by atoms with Crippen molar-refractivity contribution in [2.24, 2.45) is 17.8 Å². The smallest absolute Gasteiger partial charge is 0.136 e. The normalized spacial score (nSPS) is 46.1. The zero-order valence-electron chi connectivity index (χ0n) is 6.47. The first-order chi connectivity index (χ1) is 4.79. The highest BCUT2D eigenvalue weighted by Gasteiger charge is 2.42. The fraction of sp³-hybridized carbons (Fsp3) is 0.889. The quantitative estimate of drug-likeness (QED) is 0.500. The van der Waals surface area contributed by atoms with Crippen LogP contribution in [0.2, 0.25) is 0 Å². The molecule has 3 unspecified atom stereocenters. The monoisotopic (exact) mass is 138 g/mol. The van der Waals surface area contributed by atoms with Gasteiger partial charge >= 0.3 is 0 Å². The van der Waals surface area contributed by atoms with Crippen LogP contribution in [0.25, 0.3) is 0 Å². The van der Waals surface area contributed by atoms with Crippen molar-refractivity contribution in [1.29, 1.82) is 0 Å². The zero-order valence-corrected chi connectivity index (χ0v) is 6.47. The molecule has 0 amide bonds. The maximum atomic E-state index is 11.3. The van der Waals surface area contributed by atoms with E-state index in [2.05, 4.69) is 6.92 Å². The Bertz CT molecular complexity index is 162. The van der Waals surface area contributed by atoms with Crippen LogP contribution in [0.15, 0.2) is 0 Å². The van der Waals surface area contributed by atoms with Gasteiger partial charge in [0.25, 0.3) is 0 Å². The van der Waals surface area contributed by atoms with E-state index in [1.807, 2.05) is 0 Å². The lowest BCUT2D eigenvalue weighted by molar-refractivity contribution is -0.120. The fourth-order valence-electron chi connectivity index (χ4n) is 2.69. The molecule has 56 valence electrons. The average Bonchev–Trinajstić information content (AvgIpc) is 2.39. The molecule has 0 bridgehead atoms. The summed E-state index contributed by atoms with van der Waals surface area (Å²) in [5, 5.41) is 0. The summed E-state index contributed by atoms with van der Waals surface area (Å²) in [6.07, 6.45) is 4.67. The van der Waals surface area contributed by atoms with Crippen LogP contribution in [0.3, 0.4) is 0 Å². The lowest BCUT2D eigenvalue weighted by atomic mass is 9.94. The summed E-state index contributed by atoms with van der Waals surface area (Å²) in [5.41, 5.74) is 0. The molecule has 0 spiro atoms. The standard InChI is InChI=1S/C9H14O/c1-6-5-9(10)8-4-2-3-7(6)8/h6-8H,2-5H2,1H3. The molecule has 2 fully saturated rings. The number of hydrogen-bond donors (Lipinski definition) is 0. The molecule has 0 aromatic heterocycles. The van der Waals surface area contributed by atoms with Crippen molar-refractivity contribution in [2.75, 3.05) is 0 Å². The summed E-state index contributed by atoms with van der Waals surface area (Å²) in [4.78, 5) is 11.3. The third-order valence-electron chi connectivity index (χ3n) is 3.24. The summed E-state index contributed by atoms with van der Waals surface area (Å²) < 4.78 is 0. The van der Waals surface area contributed by atoms with Crippen molar-refractivity contribution in [1.82, 2.24) is 0 Å². The van der Waals surface area contributed by atoms with Gasteiger partial charge in [0, 0.05) is 12.3 Å². The number of Topliss-reactive ketones (excluding diaryl/α,β-unsaturated/α-hetero) is 1. The average molecular weight is 138 g/mol. The van der Waals surface area contributed by atoms with Crippen LogP contribution in [0.5, 0.6) is 0 Å². The number of ketones is 1. The summed E-state index contributed by atoms with van der Waals surface area (Å²) in [6.45, 7) is 2.23. The maximum Gasteiger partial charge on any atom is 0.136 e. The van der Waals surface area contributed by atoms with Crippen molar-refractivity contribution >= 4 is 5.78 Å². The van der Waals surface area contributed by atoms with Gasteiger partial charge in [-0.25, -0.2) is 0 Å². The van der Waals surface area contributed by atoms with Gasteiger partial charge in [0.05, 0.1) is 0 Å². The van der Waals surface area contributed by atoms with Crippen LogP contribution in [-0.4, -0.2) is 5.78 Å². The molecule has 1 heteroatoms. The van der Waals surface area contributed by atoms with Gasteiger partial charge in [0.2, 0.25) is 0 Å². The van der Waals surface area contributed by atoms with Gasteiger partial charge in [0.1, 0.15) is 5.78 Å². The second-order valence-electron chi connectivity index (χ2n) is 3.85. The minimum atomic E-state index is 0.481. The Hall–Kier alpha value is -0.330. The Morgan fingerprint density at radius 3 is 2.90 bits per heavy atom. The molecule has 0 N–H and O–H groups in total. The van der Waals surface area contributed by atoms with Crippen LogP contribution < -0.4 is 0 Å². The van der Waals surface area contributed by atoms with E-state index in [1.54, 1.807) is 0 Å². The zero-order chi connectivity index (χ0) is 7.14. The third-order valence-corrected chi connectivity index (χ3v) is 3.24. The number of hydrogen-bond acceptors (Lipinski definition) is 1. The Kier molecular flexibility index (Phi) is 1.33. The molecule has 0 aliphatic heterocycles. The first-order valence-electron chi connectivity index (χ1n) is 4.32. The van der Waals surface area contributed by atoms with Gasteiger partial charge in [-0.15, -0.1) is 0 Å². The van der Waals surface area contributed by atoms with Crippen molar-refractivity contribution < 1.29 is 4.79 Å². The highest BCUT2D eigenvalue weighted by atomic mass is 16.1. The maximum absolute atomic E-state index is 11.3.